The van der Waals surface area contributed by atoms with Gasteiger partial charge in [0.05, 0.1) is 4.47 Å². The summed E-state index contributed by atoms with van der Waals surface area (Å²) in [7, 11) is 0. The van der Waals surface area contributed by atoms with Gasteiger partial charge in [-0.1, -0.05) is 12.1 Å². The Morgan fingerprint density at radius 2 is 2.31 bits per heavy atom. The van der Waals surface area contributed by atoms with E-state index in [4.69, 9.17) is 5.11 Å². The summed E-state index contributed by atoms with van der Waals surface area (Å²) in [5.74, 6) is -1.63. The molecule has 0 bridgehead atoms. The van der Waals surface area contributed by atoms with Crippen molar-refractivity contribution >= 4 is 28.3 Å². The number of amides is 1. The lowest BCUT2D eigenvalue weighted by Crippen LogP contribution is -2.37. The van der Waals surface area contributed by atoms with Gasteiger partial charge in [0.25, 0.3) is 0 Å². The van der Waals surface area contributed by atoms with Gasteiger partial charge >= 0.3 is 5.97 Å². The number of carboxylic acid groups (broad SMARTS) is 1. The van der Waals surface area contributed by atoms with E-state index in [2.05, 4.69) is 21.2 Å². The largest absolute Gasteiger partial charge is 0.480 e. The minimum atomic E-state index is -1.16. The maximum atomic E-state index is 13.1. The number of carbonyl (C=O) groups is 2. The van der Waals surface area contributed by atoms with E-state index in [0.717, 1.165) is 0 Å². The van der Waals surface area contributed by atoms with Gasteiger partial charge in [0, 0.05) is 6.42 Å². The van der Waals surface area contributed by atoms with Crippen molar-refractivity contribution in [1.82, 2.24) is 5.32 Å². The van der Waals surface area contributed by atoms with Crippen molar-refractivity contribution in [2.45, 2.75) is 12.5 Å². The van der Waals surface area contributed by atoms with Crippen LogP contribution in [-0.4, -0.2) is 23.5 Å². The summed E-state index contributed by atoms with van der Waals surface area (Å²) in [4.78, 5) is 21.0. The molecule has 1 aromatic carbocycles. The molecule has 1 atom stereocenters. The Kier molecular flexibility index (Phi) is 4.42. The summed E-state index contributed by atoms with van der Waals surface area (Å²) in [6.07, 6.45) is 0.332. The first-order valence-electron chi connectivity index (χ1n) is 4.41. The van der Waals surface area contributed by atoms with Crippen molar-refractivity contribution in [3.05, 3.63) is 34.1 Å². The van der Waals surface area contributed by atoms with Gasteiger partial charge in [0.15, 0.2) is 0 Å². The lowest BCUT2D eigenvalue weighted by atomic mass is 10.1. The Labute approximate surface area is 99.6 Å². The molecule has 0 aliphatic rings. The normalized spacial score (nSPS) is 11.9. The molecule has 0 spiro atoms. The lowest BCUT2D eigenvalue weighted by molar-refractivity contribution is -0.140. The van der Waals surface area contributed by atoms with Gasteiger partial charge in [-0.15, -0.1) is 0 Å². The van der Waals surface area contributed by atoms with Crippen LogP contribution in [0.5, 0.6) is 0 Å². The van der Waals surface area contributed by atoms with Crippen LogP contribution in [0.25, 0.3) is 0 Å². The van der Waals surface area contributed by atoms with E-state index in [0.29, 0.717) is 12.0 Å². The number of aliphatic carboxylic acids is 1. The van der Waals surface area contributed by atoms with Crippen molar-refractivity contribution in [1.29, 1.82) is 0 Å². The third kappa shape index (κ3) is 3.03. The van der Waals surface area contributed by atoms with E-state index >= 15 is 0 Å². The first-order valence-corrected chi connectivity index (χ1v) is 5.21. The second-order valence-corrected chi connectivity index (χ2v) is 3.89. The van der Waals surface area contributed by atoms with Crippen LogP contribution in [0.1, 0.15) is 5.56 Å². The molecule has 0 aliphatic carbocycles. The first-order chi connectivity index (χ1) is 7.56. The van der Waals surface area contributed by atoms with E-state index in [9.17, 15) is 14.0 Å². The number of carboxylic acids is 1. The van der Waals surface area contributed by atoms with E-state index in [-0.39, 0.29) is 10.9 Å². The third-order valence-corrected chi connectivity index (χ3v) is 2.91. The zero-order valence-corrected chi connectivity index (χ0v) is 9.70. The van der Waals surface area contributed by atoms with Gasteiger partial charge in [0.2, 0.25) is 6.41 Å². The SMILES string of the molecule is O=CNC(Cc1cccc(F)c1Br)C(=O)O. The van der Waals surface area contributed by atoms with Crippen LogP contribution in [0.4, 0.5) is 4.39 Å². The molecule has 0 aliphatic heterocycles. The zero-order chi connectivity index (χ0) is 12.1. The molecule has 0 heterocycles. The molecule has 0 radical (unpaired) electrons. The number of carbonyl (C=O) groups excluding carboxylic acids is 1. The molecular formula is C10H9BrFNO3. The topological polar surface area (TPSA) is 66.4 Å². The summed E-state index contributed by atoms with van der Waals surface area (Å²) >= 11 is 3.02. The lowest BCUT2D eigenvalue weighted by Gasteiger charge is -2.12. The molecule has 6 heteroatoms. The third-order valence-electron chi connectivity index (χ3n) is 2.02. The van der Waals surface area contributed by atoms with E-state index in [1.165, 1.54) is 12.1 Å². The molecule has 1 unspecified atom stereocenters. The monoisotopic (exact) mass is 289 g/mol. The molecule has 4 nitrogen and oxygen atoms in total. The summed E-state index contributed by atoms with van der Waals surface area (Å²) in [6.45, 7) is 0. The molecule has 16 heavy (non-hydrogen) atoms. The summed E-state index contributed by atoms with van der Waals surface area (Å²) in [5.41, 5.74) is 0.488. The zero-order valence-electron chi connectivity index (χ0n) is 8.11. The number of hydrogen-bond donors (Lipinski definition) is 2. The second-order valence-electron chi connectivity index (χ2n) is 3.09. The van der Waals surface area contributed by atoms with Crippen LogP contribution >= 0.6 is 15.9 Å². The van der Waals surface area contributed by atoms with Crippen LogP contribution in [-0.2, 0) is 16.0 Å². The fraction of sp³-hybridized carbons (Fsp3) is 0.200. The molecule has 86 valence electrons. The average molecular weight is 290 g/mol. The number of hydrogen-bond acceptors (Lipinski definition) is 2. The average Bonchev–Trinajstić information content (AvgIpc) is 2.23. The van der Waals surface area contributed by atoms with Crippen LogP contribution in [0.3, 0.4) is 0 Å². The second kappa shape index (κ2) is 5.60. The molecular weight excluding hydrogens is 281 g/mol. The first kappa shape index (κ1) is 12.6. The molecule has 1 amide bonds. The highest BCUT2D eigenvalue weighted by Gasteiger charge is 2.18. The summed E-state index contributed by atoms with van der Waals surface area (Å²) < 4.78 is 13.3. The Hall–Kier alpha value is -1.43. The minimum Gasteiger partial charge on any atom is -0.480 e. The Morgan fingerprint density at radius 1 is 1.62 bits per heavy atom. The highest BCUT2D eigenvalue weighted by atomic mass is 79.9. The van der Waals surface area contributed by atoms with E-state index in [1.54, 1.807) is 6.07 Å². The van der Waals surface area contributed by atoms with Crippen LogP contribution in [0.15, 0.2) is 22.7 Å². The molecule has 1 aromatic rings. The van der Waals surface area contributed by atoms with Crippen LogP contribution in [0, 0.1) is 5.82 Å². The molecule has 0 saturated carbocycles. The quantitative estimate of drug-likeness (QED) is 0.804. The van der Waals surface area contributed by atoms with Crippen LogP contribution < -0.4 is 5.32 Å². The van der Waals surface area contributed by atoms with Crippen molar-refractivity contribution in [2.24, 2.45) is 0 Å². The standard InChI is InChI=1S/C10H9BrFNO3/c11-9-6(2-1-3-7(9)12)4-8(10(15)16)13-5-14/h1-3,5,8H,4H2,(H,13,14)(H,15,16). The summed E-state index contributed by atoms with van der Waals surface area (Å²) in [5, 5.41) is 10.9. The van der Waals surface area contributed by atoms with Crippen molar-refractivity contribution in [2.75, 3.05) is 0 Å². The van der Waals surface area contributed by atoms with Gasteiger partial charge in [-0.25, -0.2) is 9.18 Å². The molecule has 0 fully saturated rings. The summed E-state index contributed by atoms with van der Waals surface area (Å²) in [6, 6.07) is 3.28. The maximum Gasteiger partial charge on any atom is 0.326 e. The van der Waals surface area contributed by atoms with Gasteiger partial charge in [0.1, 0.15) is 11.9 Å². The predicted molar refractivity (Wildman–Crippen MR) is 58.4 cm³/mol. The van der Waals surface area contributed by atoms with Gasteiger partial charge in [-0.3, -0.25) is 4.79 Å². The van der Waals surface area contributed by atoms with E-state index in [1.807, 2.05) is 0 Å². The smallest absolute Gasteiger partial charge is 0.326 e. The van der Waals surface area contributed by atoms with Crippen molar-refractivity contribution in [3.63, 3.8) is 0 Å². The van der Waals surface area contributed by atoms with Crippen molar-refractivity contribution in [3.8, 4) is 0 Å². The molecule has 0 saturated heterocycles. The molecule has 1 rings (SSSR count). The van der Waals surface area contributed by atoms with Crippen molar-refractivity contribution < 1.29 is 19.1 Å². The van der Waals surface area contributed by atoms with E-state index < -0.39 is 17.8 Å². The predicted octanol–water partition coefficient (Wildman–Crippen LogP) is 1.33. The number of rotatable bonds is 5. The number of nitrogens with one attached hydrogen (secondary N) is 1. The fourth-order valence-corrected chi connectivity index (χ4v) is 1.65. The number of benzene rings is 1. The van der Waals surface area contributed by atoms with Gasteiger partial charge in [-0.05, 0) is 27.6 Å². The molecule has 2 N–H and O–H groups in total. The fourth-order valence-electron chi connectivity index (χ4n) is 1.23. The Balaban J connectivity index is 2.89. The van der Waals surface area contributed by atoms with Gasteiger partial charge in [-0.2, -0.15) is 0 Å². The maximum absolute atomic E-state index is 13.1. The highest BCUT2D eigenvalue weighted by molar-refractivity contribution is 9.10. The number of halogens is 2. The highest BCUT2D eigenvalue weighted by Crippen LogP contribution is 2.21. The minimum absolute atomic E-state index is 0.0203. The van der Waals surface area contributed by atoms with Crippen LogP contribution in [0.2, 0.25) is 0 Å². The van der Waals surface area contributed by atoms with Gasteiger partial charge < -0.3 is 10.4 Å². The Morgan fingerprint density at radius 3 is 2.88 bits per heavy atom. The molecule has 0 aromatic heterocycles. The Bertz CT molecular complexity index is 411.